The number of rotatable bonds is 12. The summed E-state index contributed by atoms with van der Waals surface area (Å²) in [5.41, 5.74) is 5.14. The smallest absolute Gasteiger partial charge is 0.330 e. The van der Waals surface area contributed by atoms with Crippen LogP contribution in [-0.4, -0.2) is 49.2 Å². The first-order valence-electron chi connectivity index (χ1n) is 9.06. The summed E-state index contributed by atoms with van der Waals surface area (Å²) in [6, 6.07) is -2.05. The molecular weight excluding hydrogens is 354 g/mol. The number of urea groups is 1. The van der Waals surface area contributed by atoms with Gasteiger partial charge in [0.15, 0.2) is 0 Å². The first kappa shape index (κ1) is 24.4. The molecule has 0 aromatic rings. The van der Waals surface area contributed by atoms with E-state index >= 15 is 0 Å². The van der Waals surface area contributed by atoms with Crippen LogP contribution in [0.3, 0.4) is 0 Å². The van der Waals surface area contributed by atoms with E-state index in [-0.39, 0.29) is 32.0 Å². The average molecular weight is 385 g/mol. The molecule has 3 amide bonds. The van der Waals surface area contributed by atoms with E-state index in [0.29, 0.717) is 6.42 Å². The molecule has 9 nitrogen and oxygen atoms in total. The highest BCUT2D eigenvalue weighted by atomic mass is 16.5. The molecular formula is C18H31N3O6. The highest BCUT2D eigenvalue weighted by Crippen LogP contribution is 2.07. The van der Waals surface area contributed by atoms with E-state index in [9.17, 15) is 19.2 Å². The maximum absolute atomic E-state index is 12.3. The fourth-order valence-electron chi connectivity index (χ4n) is 2.20. The van der Waals surface area contributed by atoms with Gasteiger partial charge in [-0.1, -0.05) is 19.9 Å². The Bertz CT molecular complexity index is 533. The van der Waals surface area contributed by atoms with Crippen molar-refractivity contribution in [3.8, 4) is 0 Å². The predicted octanol–water partition coefficient (Wildman–Crippen LogP) is 1.02. The Hall–Kier alpha value is -2.58. The third kappa shape index (κ3) is 12.4. The van der Waals surface area contributed by atoms with Crippen LogP contribution in [0.2, 0.25) is 0 Å². The van der Waals surface area contributed by atoms with Crippen molar-refractivity contribution in [1.82, 2.24) is 10.6 Å². The second-order valence-electron chi connectivity index (χ2n) is 6.27. The molecule has 0 saturated carbocycles. The number of esters is 2. The van der Waals surface area contributed by atoms with Crippen molar-refractivity contribution >= 4 is 23.9 Å². The number of nitrogens with one attached hydrogen (secondary N) is 2. The lowest BCUT2D eigenvalue weighted by molar-refractivity contribution is -0.145. The minimum atomic E-state index is -0.796. The number of hydrogen-bond acceptors (Lipinski definition) is 6. The SMILES string of the molecule is CCOC(=O)/C=C/[C@H](CCC(N)=O)NC(=O)NC(CC(C)C)C(=O)OCC. The normalized spacial score (nSPS) is 13.1. The van der Waals surface area contributed by atoms with Gasteiger partial charge in [0, 0.05) is 18.5 Å². The second-order valence-corrected chi connectivity index (χ2v) is 6.27. The topological polar surface area (TPSA) is 137 Å². The molecule has 4 N–H and O–H groups in total. The van der Waals surface area contributed by atoms with Crippen molar-refractivity contribution in [1.29, 1.82) is 0 Å². The van der Waals surface area contributed by atoms with Gasteiger partial charge in [0.2, 0.25) is 5.91 Å². The van der Waals surface area contributed by atoms with Crippen LogP contribution in [-0.2, 0) is 23.9 Å². The second kappa shape index (κ2) is 13.6. The molecule has 0 fully saturated rings. The lowest BCUT2D eigenvalue weighted by atomic mass is 10.0. The number of hydrogen-bond donors (Lipinski definition) is 3. The predicted molar refractivity (Wildman–Crippen MR) is 99.5 cm³/mol. The zero-order valence-electron chi connectivity index (χ0n) is 16.4. The minimum Gasteiger partial charge on any atom is -0.464 e. The number of carbonyl (C=O) groups is 4. The first-order chi connectivity index (χ1) is 12.7. The molecule has 2 atom stereocenters. The summed E-state index contributed by atoms with van der Waals surface area (Å²) in [7, 11) is 0. The van der Waals surface area contributed by atoms with Gasteiger partial charge < -0.3 is 25.8 Å². The van der Waals surface area contributed by atoms with Gasteiger partial charge in [-0.15, -0.1) is 0 Å². The zero-order valence-corrected chi connectivity index (χ0v) is 16.4. The maximum atomic E-state index is 12.3. The van der Waals surface area contributed by atoms with Crippen molar-refractivity contribution in [2.75, 3.05) is 13.2 Å². The van der Waals surface area contributed by atoms with Crippen LogP contribution < -0.4 is 16.4 Å². The largest absolute Gasteiger partial charge is 0.464 e. The lowest BCUT2D eigenvalue weighted by Crippen LogP contribution is -2.49. The van der Waals surface area contributed by atoms with Crippen molar-refractivity contribution in [3.63, 3.8) is 0 Å². The summed E-state index contributed by atoms with van der Waals surface area (Å²) >= 11 is 0. The van der Waals surface area contributed by atoms with E-state index in [1.807, 2.05) is 13.8 Å². The summed E-state index contributed by atoms with van der Waals surface area (Å²) in [4.78, 5) is 46.7. The van der Waals surface area contributed by atoms with Crippen LogP contribution >= 0.6 is 0 Å². The van der Waals surface area contributed by atoms with Crippen molar-refractivity contribution in [3.05, 3.63) is 12.2 Å². The monoisotopic (exact) mass is 385 g/mol. The highest BCUT2D eigenvalue weighted by molar-refractivity contribution is 5.84. The molecule has 1 unspecified atom stereocenters. The Balaban J connectivity index is 4.97. The van der Waals surface area contributed by atoms with E-state index < -0.39 is 36.0 Å². The molecule has 0 heterocycles. The van der Waals surface area contributed by atoms with Gasteiger partial charge in [-0.3, -0.25) is 4.79 Å². The molecule has 0 radical (unpaired) electrons. The number of primary amides is 1. The number of ether oxygens (including phenoxy) is 2. The number of nitrogens with two attached hydrogens (primary N) is 1. The van der Waals surface area contributed by atoms with Crippen LogP contribution in [0.1, 0.15) is 47.0 Å². The highest BCUT2D eigenvalue weighted by Gasteiger charge is 2.24. The van der Waals surface area contributed by atoms with Gasteiger partial charge in [-0.2, -0.15) is 0 Å². The molecule has 27 heavy (non-hydrogen) atoms. The van der Waals surface area contributed by atoms with E-state index in [2.05, 4.69) is 10.6 Å². The van der Waals surface area contributed by atoms with E-state index in [4.69, 9.17) is 15.2 Å². The van der Waals surface area contributed by atoms with Gasteiger partial charge in [0.05, 0.1) is 13.2 Å². The van der Waals surface area contributed by atoms with E-state index in [0.717, 1.165) is 0 Å². The van der Waals surface area contributed by atoms with Crippen molar-refractivity contribution in [2.24, 2.45) is 11.7 Å². The summed E-state index contributed by atoms with van der Waals surface area (Å²) in [6.07, 6.45) is 3.23. The molecule has 0 aliphatic rings. The van der Waals surface area contributed by atoms with Crippen molar-refractivity contribution < 1.29 is 28.7 Å². The Labute approximate surface area is 160 Å². The van der Waals surface area contributed by atoms with Gasteiger partial charge in [0.1, 0.15) is 6.04 Å². The van der Waals surface area contributed by atoms with Crippen LogP contribution in [0.15, 0.2) is 12.2 Å². The van der Waals surface area contributed by atoms with Gasteiger partial charge in [0.25, 0.3) is 0 Å². The molecule has 0 aliphatic carbocycles. The van der Waals surface area contributed by atoms with Crippen LogP contribution in [0.4, 0.5) is 4.79 Å². The maximum Gasteiger partial charge on any atom is 0.330 e. The Morgan fingerprint density at radius 3 is 2.19 bits per heavy atom. The Kier molecular flexibility index (Phi) is 12.3. The number of amides is 3. The van der Waals surface area contributed by atoms with Crippen molar-refractivity contribution in [2.45, 2.75) is 59.0 Å². The molecule has 9 heteroatoms. The molecule has 154 valence electrons. The summed E-state index contributed by atoms with van der Waals surface area (Å²) in [6.45, 7) is 7.63. The summed E-state index contributed by atoms with van der Waals surface area (Å²) in [5.74, 6) is -1.45. The van der Waals surface area contributed by atoms with E-state index in [1.165, 1.54) is 12.2 Å². The molecule has 0 aromatic heterocycles. The minimum absolute atomic E-state index is 0.0193. The molecule has 0 aromatic carbocycles. The molecule has 0 bridgehead atoms. The molecule has 0 aliphatic heterocycles. The Morgan fingerprint density at radius 1 is 1.04 bits per heavy atom. The van der Waals surface area contributed by atoms with Gasteiger partial charge >= 0.3 is 18.0 Å². The first-order valence-corrected chi connectivity index (χ1v) is 9.06. The van der Waals surface area contributed by atoms with Crippen LogP contribution in [0.25, 0.3) is 0 Å². The summed E-state index contributed by atoms with van der Waals surface area (Å²) in [5, 5.41) is 5.18. The average Bonchev–Trinajstić information content (AvgIpc) is 2.56. The fraction of sp³-hybridized carbons (Fsp3) is 0.667. The van der Waals surface area contributed by atoms with Gasteiger partial charge in [-0.05, 0) is 32.6 Å². The quantitative estimate of drug-likeness (QED) is 0.339. The third-order valence-electron chi connectivity index (χ3n) is 3.35. The summed E-state index contributed by atoms with van der Waals surface area (Å²) < 4.78 is 9.76. The molecule has 0 spiro atoms. The fourth-order valence-corrected chi connectivity index (χ4v) is 2.20. The molecule has 0 saturated heterocycles. The molecule has 0 rings (SSSR count). The van der Waals surface area contributed by atoms with E-state index in [1.54, 1.807) is 13.8 Å². The third-order valence-corrected chi connectivity index (χ3v) is 3.35. The van der Waals surface area contributed by atoms with Crippen LogP contribution in [0.5, 0.6) is 0 Å². The standard InChI is InChI=1S/C18H31N3O6/c1-5-26-16(23)10-8-13(7-9-15(19)22)20-18(25)21-14(11-12(3)4)17(24)27-6-2/h8,10,12-14H,5-7,9,11H2,1-4H3,(H2,19,22)(H2,20,21,25)/b10-8+/t13-,14?/m0/s1. The zero-order chi connectivity index (χ0) is 20.8. The lowest BCUT2D eigenvalue weighted by Gasteiger charge is -2.21. The Morgan fingerprint density at radius 2 is 1.67 bits per heavy atom. The number of carbonyl (C=O) groups excluding carboxylic acids is 4. The van der Waals surface area contributed by atoms with Gasteiger partial charge in [-0.25, -0.2) is 14.4 Å². The van der Waals surface area contributed by atoms with Crippen LogP contribution in [0, 0.1) is 5.92 Å².